The van der Waals surface area contributed by atoms with Crippen LogP contribution < -0.4 is 16.4 Å². The number of carbonyl (C=O) groups is 2. The largest absolute Gasteiger partial charge is 0.292 e. The van der Waals surface area contributed by atoms with Gasteiger partial charge in [0.1, 0.15) is 0 Å². The van der Waals surface area contributed by atoms with Gasteiger partial charge in [-0.1, -0.05) is 41.1 Å². The highest BCUT2D eigenvalue weighted by molar-refractivity contribution is 6.30. The number of carbonyl (C=O) groups excluding carboxylic acids is 2. The Morgan fingerprint density at radius 2 is 1.69 bits per heavy atom. The third-order valence-corrected chi connectivity index (χ3v) is 5.07. The molecule has 0 radical (unpaired) electrons. The number of hydrogen-bond acceptors (Lipinski definition) is 6. The average Bonchev–Trinajstić information content (AvgIpc) is 3.19. The molecule has 0 spiro atoms. The standard InChI is InChI=1S/C21H18ClN7O3/c1-3-28-21(32)16-10-5-4-9-15(16)18(26-28)20(31)25-24-19(30)17-12(2)29(27-23-17)14-8-6-7-13(22)11-14/h4-11H,3H2,1-2H3,(H,24,30)(H,25,31). The molecule has 0 unspecified atom stereocenters. The van der Waals surface area contributed by atoms with Gasteiger partial charge in [0.15, 0.2) is 11.4 Å². The fourth-order valence-electron chi connectivity index (χ4n) is 3.24. The van der Waals surface area contributed by atoms with E-state index in [0.717, 1.165) is 0 Å². The number of aromatic nitrogens is 5. The van der Waals surface area contributed by atoms with Crippen molar-refractivity contribution in [2.75, 3.05) is 0 Å². The number of nitrogens with zero attached hydrogens (tertiary/aromatic N) is 5. The van der Waals surface area contributed by atoms with Crippen LogP contribution in [0.1, 0.15) is 33.6 Å². The maximum absolute atomic E-state index is 12.8. The van der Waals surface area contributed by atoms with Gasteiger partial charge in [-0.2, -0.15) is 5.10 Å². The smallest absolute Gasteiger partial charge is 0.267 e. The van der Waals surface area contributed by atoms with E-state index in [9.17, 15) is 14.4 Å². The van der Waals surface area contributed by atoms with E-state index in [-0.39, 0.29) is 16.9 Å². The maximum atomic E-state index is 12.8. The molecule has 10 nitrogen and oxygen atoms in total. The number of aryl methyl sites for hydroxylation is 1. The Kier molecular flexibility index (Phi) is 5.69. The molecule has 2 heterocycles. The van der Waals surface area contributed by atoms with Crippen LogP contribution in [-0.4, -0.2) is 36.6 Å². The monoisotopic (exact) mass is 451 g/mol. The van der Waals surface area contributed by atoms with E-state index in [4.69, 9.17) is 11.6 Å². The lowest BCUT2D eigenvalue weighted by atomic mass is 10.1. The molecule has 0 aliphatic heterocycles. The fraction of sp³-hybridized carbons (Fsp3) is 0.143. The molecule has 0 aliphatic carbocycles. The van der Waals surface area contributed by atoms with E-state index in [1.165, 1.54) is 9.36 Å². The number of fused-ring (bicyclic) bond motifs is 1. The van der Waals surface area contributed by atoms with Gasteiger partial charge in [-0.25, -0.2) is 9.36 Å². The molecule has 2 amide bonds. The number of amides is 2. The van der Waals surface area contributed by atoms with E-state index in [1.807, 2.05) is 0 Å². The Hall–Kier alpha value is -4.05. The summed E-state index contributed by atoms with van der Waals surface area (Å²) < 4.78 is 2.66. The third kappa shape index (κ3) is 3.83. The van der Waals surface area contributed by atoms with Crippen LogP contribution in [0.4, 0.5) is 0 Å². The maximum Gasteiger partial charge on any atom is 0.292 e. The Morgan fingerprint density at radius 3 is 2.38 bits per heavy atom. The average molecular weight is 452 g/mol. The molecule has 0 aliphatic rings. The Balaban J connectivity index is 1.56. The van der Waals surface area contributed by atoms with Gasteiger partial charge in [-0.3, -0.25) is 25.2 Å². The van der Waals surface area contributed by atoms with Crippen LogP contribution in [-0.2, 0) is 6.54 Å². The summed E-state index contributed by atoms with van der Waals surface area (Å²) in [7, 11) is 0. The van der Waals surface area contributed by atoms with Crippen molar-refractivity contribution in [2.24, 2.45) is 0 Å². The number of hydrogen-bond donors (Lipinski definition) is 2. The SMILES string of the molecule is CCn1nc(C(=O)NNC(=O)c2nnn(-c3cccc(Cl)c3)c2C)c2ccccc2c1=O. The second kappa shape index (κ2) is 8.60. The molecule has 4 rings (SSSR count). The molecule has 2 aromatic heterocycles. The lowest BCUT2D eigenvalue weighted by molar-refractivity contribution is 0.0840. The fourth-order valence-corrected chi connectivity index (χ4v) is 3.43. The Bertz CT molecular complexity index is 1410. The highest BCUT2D eigenvalue weighted by Crippen LogP contribution is 2.17. The first-order valence-corrected chi connectivity index (χ1v) is 10.1. The van der Waals surface area contributed by atoms with Crippen LogP contribution in [0.2, 0.25) is 5.02 Å². The van der Waals surface area contributed by atoms with Crippen LogP contribution in [0.15, 0.2) is 53.3 Å². The Morgan fingerprint density at radius 1 is 1.00 bits per heavy atom. The minimum Gasteiger partial charge on any atom is -0.267 e. The number of nitrogens with one attached hydrogen (secondary N) is 2. The predicted molar refractivity (Wildman–Crippen MR) is 118 cm³/mol. The quantitative estimate of drug-likeness (QED) is 0.457. The van der Waals surface area contributed by atoms with Gasteiger partial charge >= 0.3 is 0 Å². The normalized spacial score (nSPS) is 10.8. The summed E-state index contributed by atoms with van der Waals surface area (Å²) in [5, 5.41) is 13.3. The summed E-state index contributed by atoms with van der Waals surface area (Å²) in [6, 6.07) is 13.6. The van der Waals surface area contributed by atoms with Crippen LogP contribution in [0.3, 0.4) is 0 Å². The van der Waals surface area contributed by atoms with Crippen molar-refractivity contribution >= 4 is 34.2 Å². The van der Waals surface area contributed by atoms with E-state index in [2.05, 4.69) is 26.3 Å². The molecule has 2 N–H and O–H groups in total. The van der Waals surface area contributed by atoms with Crippen molar-refractivity contribution in [1.29, 1.82) is 0 Å². The van der Waals surface area contributed by atoms with E-state index in [1.54, 1.807) is 62.4 Å². The zero-order valence-corrected chi connectivity index (χ0v) is 17.9. The van der Waals surface area contributed by atoms with E-state index >= 15 is 0 Å². The van der Waals surface area contributed by atoms with Crippen molar-refractivity contribution in [3.63, 3.8) is 0 Å². The summed E-state index contributed by atoms with van der Waals surface area (Å²) >= 11 is 6.02. The van der Waals surface area contributed by atoms with Gasteiger partial charge in [0.25, 0.3) is 17.4 Å². The highest BCUT2D eigenvalue weighted by Gasteiger charge is 2.20. The minimum absolute atomic E-state index is 0.0154. The summed E-state index contributed by atoms with van der Waals surface area (Å²) in [5.41, 5.74) is 5.51. The van der Waals surface area contributed by atoms with Crippen LogP contribution >= 0.6 is 11.6 Å². The van der Waals surface area contributed by atoms with Gasteiger partial charge in [0.05, 0.1) is 16.8 Å². The molecule has 11 heteroatoms. The summed E-state index contributed by atoms with van der Waals surface area (Å²) in [6.07, 6.45) is 0. The third-order valence-electron chi connectivity index (χ3n) is 4.83. The summed E-state index contributed by atoms with van der Waals surface area (Å²) in [6.45, 7) is 3.71. The zero-order valence-electron chi connectivity index (χ0n) is 17.2. The van der Waals surface area contributed by atoms with Crippen LogP contribution in [0, 0.1) is 6.92 Å². The van der Waals surface area contributed by atoms with Gasteiger partial charge in [0, 0.05) is 17.0 Å². The number of rotatable bonds is 4. The molecular formula is C21H18ClN7O3. The first kappa shape index (κ1) is 21.2. The van der Waals surface area contributed by atoms with Crippen molar-refractivity contribution in [3.8, 4) is 5.69 Å². The number of benzene rings is 2. The molecule has 2 aromatic carbocycles. The first-order valence-electron chi connectivity index (χ1n) is 9.69. The second-order valence-corrected chi connectivity index (χ2v) is 7.27. The summed E-state index contributed by atoms with van der Waals surface area (Å²) in [5.74, 6) is -1.33. The van der Waals surface area contributed by atoms with Gasteiger partial charge in [-0.05, 0) is 38.1 Å². The molecule has 0 saturated carbocycles. The molecule has 0 fully saturated rings. The van der Waals surface area contributed by atoms with Crippen molar-refractivity contribution in [2.45, 2.75) is 20.4 Å². The molecule has 0 atom stereocenters. The molecule has 0 bridgehead atoms. The number of halogens is 1. The minimum atomic E-state index is -0.670. The second-order valence-electron chi connectivity index (χ2n) is 6.84. The molecule has 162 valence electrons. The predicted octanol–water partition coefficient (Wildman–Crippen LogP) is 2.03. The molecular weight excluding hydrogens is 434 g/mol. The highest BCUT2D eigenvalue weighted by atomic mass is 35.5. The lowest BCUT2D eigenvalue weighted by Gasteiger charge is -2.10. The van der Waals surface area contributed by atoms with Gasteiger partial charge in [0.2, 0.25) is 0 Å². The van der Waals surface area contributed by atoms with E-state index in [0.29, 0.717) is 33.7 Å². The first-order chi connectivity index (χ1) is 15.4. The van der Waals surface area contributed by atoms with Crippen molar-refractivity contribution < 1.29 is 9.59 Å². The van der Waals surface area contributed by atoms with Crippen molar-refractivity contribution in [1.82, 2.24) is 35.6 Å². The zero-order chi connectivity index (χ0) is 22.8. The summed E-state index contributed by atoms with van der Waals surface area (Å²) in [4.78, 5) is 37.8. The number of hydrazine groups is 1. The van der Waals surface area contributed by atoms with Crippen molar-refractivity contribution in [3.05, 3.63) is 81.0 Å². The molecule has 32 heavy (non-hydrogen) atoms. The van der Waals surface area contributed by atoms with Crippen LogP contribution in [0.25, 0.3) is 16.5 Å². The van der Waals surface area contributed by atoms with E-state index < -0.39 is 11.8 Å². The Labute approximate surface area is 186 Å². The topological polar surface area (TPSA) is 124 Å². The van der Waals surface area contributed by atoms with Crippen LogP contribution in [0.5, 0.6) is 0 Å². The molecule has 4 aromatic rings. The lowest BCUT2D eigenvalue weighted by Crippen LogP contribution is -2.43. The van der Waals surface area contributed by atoms with Gasteiger partial charge < -0.3 is 0 Å². The van der Waals surface area contributed by atoms with Gasteiger partial charge in [-0.15, -0.1) is 5.10 Å². The molecule has 0 saturated heterocycles.